The van der Waals surface area contributed by atoms with Crippen LogP contribution in [0.4, 0.5) is 0 Å². The van der Waals surface area contributed by atoms with Crippen LogP contribution in [0.3, 0.4) is 0 Å². The van der Waals surface area contributed by atoms with E-state index in [0.29, 0.717) is 23.1 Å². The van der Waals surface area contributed by atoms with Gasteiger partial charge in [-0.05, 0) is 43.9 Å². The van der Waals surface area contributed by atoms with Gasteiger partial charge in [-0.3, -0.25) is 14.2 Å². The van der Waals surface area contributed by atoms with Gasteiger partial charge in [0.15, 0.2) is 0 Å². The number of hydrogen-bond acceptors (Lipinski definition) is 4. The molecule has 26 heavy (non-hydrogen) atoms. The molecular weight excluding hydrogens is 334 g/mol. The second-order valence-electron chi connectivity index (χ2n) is 7.20. The van der Waals surface area contributed by atoms with E-state index in [4.69, 9.17) is 4.74 Å². The van der Waals surface area contributed by atoms with E-state index in [1.54, 1.807) is 18.2 Å². The zero-order chi connectivity index (χ0) is 18.1. The number of H-pyrrole nitrogens is 1. The fourth-order valence-corrected chi connectivity index (χ4v) is 3.89. The van der Waals surface area contributed by atoms with Gasteiger partial charge in [-0.1, -0.05) is 12.8 Å². The van der Waals surface area contributed by atoms with Crippen LogP contribution >= 0.6 is 0 Å². The van der Waals surface area contributed by atoms with E-state index in [0.717, 1.165) is 38.5 Å². The number of amides is 1. The molecule has 138 valence electrons. The third-order valence-electron chi connectivity index (χ3n) is 5.34. The summed E-state index contributed by atoms with van der Waals surface area (Å²) in [6.07, 6.45) is 5.99. The third kappa shape index (κ3) is 3.31. The van der Waals surface area contributed by atoms with Crippen LogP contribution in [0.5, 0.6) is 0 Å². The van der Waals surface area contributed by atoms with Crippen molar-refractivity contribution in [2.24, 2.45) is 0 Å². The van der Waals surface area contributed by atoms with E-state index in [-0.39, 0.29) is 30.2 Å². The first kappa shape index (κ1) is 17.0. The highest BCUT2D eigenvalue weighted by Crippen LogP contribution is 2.19. The number of benzene rings is 1. The highest BCUT2D eigenvalue weighted by molar-refractivity contribution is 5.97. The summed E-state index contributed by atoms with van der Waals surface area (Å²) >= 11 is 0. The van der Waals surface area contributed by atoms with E-state index in [1.807, 2.05) is 0 Å². The molecule has 1 saturated heterocycles. The largest absolute Gasteiger partial charge is 0.376 e. The standard InChI is InChI=1S/C19H23N3O4/c23-17(20-13-4-1-2-5-13)12-7-8-15-16(10-12)21-19(25)22(18(15)24)11-14-6-3-9-26-14/h7-8,10,13-14H,1-6,9,11H2,(H,20,23)(H,21,25). The molecule has 1 aromatic carbocycles. The first-order valence-electron chi connectivity index (χ1n) is 9.31. The average molecular weight is 357 g/mol. The average Bonchev–Trinajstić information content (AvgIpc) is 3.32. The molecule has 2 aromatic rings. The van der Waals surface area contributed by atoms with Crippen LogP contribution in [0, 0.1) is 0 Å². The number of nitrogens with zero attached hydrogens (tertiary/aromatic N) is 1. The van der Waals surface area contributed by atoms with Crippen LogP contribution in [0.15, 0.2) is 27.8 Å². The van der Waals surface area contributed by atoms with Crippen molar-refractivity contribution in [1.82, 2.24) is 14.9 Å². The Bertz CT molecular complexity index is 934. The summed E-state index contributed by atoms with van der Waals surface area (Å²) in [4.78, 5) is 40.2. The number of hydrogen-bond donors (Lipinski definition) is 2. The lowest BCUT2D eigenvalue weighted by Crippen LogP contribution is -2.38. The molecule has 1 amide bonds. The van der Waals surface area contributed by atoms with Gasteiger partial charge in [-0.15, -0.1) is 0 Å². The van der Waals surface area contributed by atoms with Crippen LogP contribution in [0.1, 0.15) is 48.9 Å². The van der Waals surface area contributed by atoms with Crippen molar-refractivity contribution in [1.29, 1.82) is 0 Å². The van der Waals surface area contributed by atoms with Gasteiger partial charge in [0.25, 0.3) is 11.5 Å². The lowest BCUT2D eigenvalue weighted by Gasteiger charge is -2.13. The summed E-state index contributed by atoms with van der Waals surface area (Å²) in [5.41, 5.74) is 0.0346. The molecule has 1 aromatic heterocycles. The van der Waals surface area contributed by atoms with Crippen LogP contribution < -0.4 is 16.6 Å². The molecule has 0 bridgehead atoms. The molecule has 0 radical (unpaired) electrons. The Labute approximate surface area is 150 Å². The monoisotopic (exact) mass is 357 g/mol. The smallest absolute Gasteiger partial charge is 0.328 e. The first-order valence-corrected chi connectivity index (χ1v) is 9.31. The summed E-state index contributed by atoms with van der Waals surface area (Å²) < 4.78 is 6.72. The molecule has 1 aliphatic heterocycles. The van der Waals surface area contributed by atoms with E-state index < -0.39 is 5.69 Å². The molecule has 2 heterocycles. The van der Waals surface area contributed by atoms with Gasteiger partial charge in [0, 0.05) is 18.2 Å². The second kappa shape index (κ2) is 7.07. The summed E-state index contributed by atoms with van der Waals surface area (Å²) in [5, 5.41) is 3.42. The van der Waals surface area contributed by atoms with Crippen LogP contribution in [-0.4, -0.2) is 34.2 Å². The van der Waals surface area contributed by atoms with E-state index >= 15 is 0 Å². The number of rotatable bonds is 4. The zero-order valence-electron chi connectivity index (χ0n) is 14.6. The lowest BCUT2D eigenvalue weighted by atomic mass is 10.1. The maximum absolute atomic E-state index is 12.7. The molecule has 0 spiro atoms. The molecule has 7 nitrogen and oxygen atoms in total. The van der Waals surface area contributed by atoms with Crippen LogP contribution in [0.25, 0.3) is 10.9 Å². The fourth-order valence-electron chi connectivity index (χ4n) is 3.89. The number of nitrogens with one attached hydrogen (secondary N) is 2. The van der Waals surface area contributed by atoms with Crippen LogP contribution in [-0.2, 0) is 11.3 Å². The quantitative estimate of drug-likeness (QED) is 0.868. The summed E-state index contributed by atoms with van der Waals surface area (Å²) in [6, 6.07) is 5.06. The topological polar surface area (TPSA) is 93.2 Å². The summed E-state index contributed by atoms with van der Waals surface area (Å²) in [5.74, 6) is -0.164. The highest BCUT2D eigenvalue weighted by Gasteiger charge is 2.20. The summed E-state index contributed by atoms with van der Waals surface area (Å²) in [6.45, 7) is 0.929. The minimum atomic E-state index is -0.466. The van der Waals surface area contributed by atoms with Gasteiger partial charge in [-0.2, -0.15) is 0 Å². The van der Waals surface area contributed by atoms with Crippen LogP contribution in [0.2, 0.25) is 0 Å². The van der Waals surface area contributed by atoms with Crippen molar-refractivity contribution in [2.45, 2.75) is 57.2 Å². The van der Waals surface area contributed by atoms with E-state index in [1.165, 1.54) is 4.57 Å². The van der Waals surface area contributed by atoms with E-state index in [2.05, 4.69) is 10.3 Å². The molecule has 2 N–H and O–H groups in total. The Morgan fingerprint density at radius 2 is 2.00 bits per heavy atom. The maximum Gasteiger partial charge on any atom is 0.328 e. The second-order valence-corrected chi connectivity index (χ2v) is 7.20. The summed E-state index contributed by atoms with van der Waals surface area (Å²) in [7, 11) is 0. The molecule has 4 rings (SSSR count). The van der Waals surface area contributed by atoms with Gasteiger partial charge < -0.3 is 15.0 Å². The number of carbonyl (C=O) groups excluding carboxylic acids is 1. The lowest BCUT2D eigenvalue weighted by molar-refractivity contribution is 0.0937. The normalized spacial score (nSPS) is 20.7. The third-order valence-corrected chi connectivity index (χ3v) is 5.34. The maximum atomic E-state index is 12.7. The Morgan fingerprint density at radius 1 is 1.19 bits per heavy atom. The Hall–Kier alpha value is -2.41. The predicted molar refractivity (Wildman–Crippen MR) is 97.5 cm³/mol. The first-order chi connectivity index (χ1) is 12.6. The number of carbonyl (C=O) groups is 1. The molecule has 1 unspecified atom stereocenters. The minimum Gasteiger partial charge on any atom is -0.376 e. The zero-order valence-corrected chi connectivity index (χ0v) is 14.6. The Balaban J connectivity index is 1.63. The molecule has 2 aliphatic rings. The Kier molecular flexibility index (Phi) is 4.63. The number of ether oxygens (including phenoxy) is 1. The van der Waals surface area contributed by atoms with Crippen molar-refractivity contribution in [3.63, 3.8) is 0 Å². The van der Waals surface area contributed by atoms with Crippen molar-refractivity contribution in [2.75, 3.05) is 6.61 Å². The molecular formula is C19H23N3O4. The molecule has 1 atom stereocenters. The van der Waals surface area contributed by atoms with Gasteiger partial charge in [0.05, 0.1) is 23.6 Å². The van der Waals surface area contributed by atoms with Crippen molar-refractivity contribution >= 4 is 16.8 Å². The van der Waals surface area contributed by atoms with Gasteiger partial charge in [0.2, 0.25) is 0 Å². The number of aromatic amines is 1. The minimum absolute atomic E-state index is 0.0947. The number of aromatic nitrogens is 2. The molecule has 1 saturated carbocycles. The van der Waals surface area contributed by atoms with Crippen molar-refractivity contribution < 1.29 is 9.53 Å². The number of fused-ring (bicyclic) bond motifs is 1. The predicted octanol–water partition coefficient (Wildman–Crippen LogP) is 1.54. The van der Waals surface area contributed by atoms with Crippen molar-refractivity contribution in [3.05, 3.63) is 44.6 Å². The van der Waals surface area contributed by atoms with E-state index in [9.17, 15) is 14.4 Å². The fraction of sp³-hybridized carbons (Fsp3) is 0.526. The van der Waals surface area contributed by atoms with Gasteiger partial charge in [-0.25, -0.2) is 4.79 Å². The SMILES string of the molecule is O=C(NC1CCCC1)c1ccc2c(=O)n(CC3CCCO3)c(=O)[nH]c2c1. The molecule has 2 fully saturated rings. The Morgan fingerprint density at radius 3 is 2.73 bits per heavy atom. The van der Waals surface area contributed by atoms with Gasteiger partial charge in [0.1, 0.15) is 0 Å². The van der Waals surface area contributed by atoms with Crippen molar-refractivity contribution in [3.8, 4) is 0 Å². The highest BCUT2D eigenvalue weighted by atomic mass is 16.5. The van der Waals surface area contributed by atoms with Gasteiger partial charge >= 0.3 is 5.69 Å². The molecule has 1 aliphatic carbocycles. The molecule has 7 heteroatoms.